The molecule has 3 heterocycles. The van der Waals surface area contributed by atoms with Crippen molar-refractivity contribution in [3.8, 4) is 0 Å². The number of hydrogen-bond donors (Lipinski definition) is 0. The van der Waals surface area contributed by atoms with Crippen molar-refractivity contribution in [3.05, 3.63) is 41.8 Å². The molecule has 0 bridgehead atoms. The van der Waals surface area contributed by atoms with Gasteiger partial charge < -0.3 is 9.42 Å². The number of pyridine rings is 1. The SMILES string of the molecule is Cc1noc(C2CN(C(=O)c3ccccn3)C2)n1. The van der Waals surface area contributed by atoms with E-state index in [2.05, 4.69) is 15.1 Å². The molecule has 0 radical (unpaired) electrons. The lowest BCUT2D eigenvalue weighted by atomic mass is 9.99. The zero-order valence-corrected chi connectivity index (χ0v) is 9.91. The van der Waals surface area contributed by atoms with Crippen LogP contribution in [0, 0.1) is 6.92 Å². The van der Waals surface area contributed by atoms with Gasteiger partial charge in [0.2, 0.25) is 5.89 Å². The summed E-state index contributed by atoms with van der Waals surface area (Å²) in [4.78, 5) is 21.9. The number of carbonyl (C=O) groups excluding carboxylic acids is 1. The van der Waals surface area contributed by atoms with Crippen LogP contribution in [0.5, 0.6) is 0 Å². The van der Waals surface area contributed by atoms with E-state index >= 15 is 0 Å². The number of carbonyl (C=O) groups is 1. The maximum absolute atomic E-state index is 12.0. The van der Waals surface area contributed by atoms with Crippen molar-refractivity contribution in [3.63, 3.8) is 0 Å². The number of aryl methyl sites for hydroxylation is 1. The van der Waals surface area contributed by atoms with Crippen LogP contribution >= 0.6 is 0 Å². The normalized spacial score (nSPS) is 15.5. The molecule has 18 heavy (non-hydrogen) atoms. The van der Waals surface area contributed by atoms with Gasteiger partial charge in [-0.25, -0.2) is 0 Å². The summed E-state index contributed by atoms with van der Waals surface area (Å²) in [5, 5.41) is 3.75. The summed E-state index contributed by atoms with van der Waals surface area (Å²) in [6.45, 7) is 3.00. The van der Waals surface area contributed by atoms with Gasteiger partial charge in [-0.15, -0.1) is 0 Å². The molecule has 0 N–H and O–H groups in total. The largest absolute Gasteiger partial charge is 0.339 e. The van der Waals surface area contributed by atoms with Gasteiger partial charge in [-0.2, -0.15) is 4.98 Å². The molecule has 0 spiro atoms. The van der Waals surface area contributed by atoms with Gasteiger partial charge in [-0.05, 0) is 19.1 Å². The van der Waals surface area contributed by atoms with Crippen molar-refractivity contribution in [2.24, 2.45) is 0 Å². The first-order chi connectivity index (χ1) is 8.74. The van der Waals surface area contributed by atoms with Gasteiger partial charge in [0, 0.05) is 19.3 Å². The fourth-order valence-electron chi connectivity index (χ4n) is 1.93. The summed E-state index contributed by atoms with van der Waals surface area (Å²) in [5.41, 5.74) is 0.470. The number of rotatable bonds is 2. The van der Waals surface area contributed by atoms with Gasteiger partial charge in [-0.3, -0.25) is 9.78 Å². The van der Waals surface area contributed by atoms with Gasteiger partial charge in [0.05, 0.1) is 5.92 Å². The molecule has 0 saturated carbocycles. The fraction of sp³-hybridized carbons (Fsp3) is 0.333. The molecule has 0 aliphatic carbocycles. The highest BCUT2D eigenvalue weighted by Crippen LogP contribution is 2.26. The third kappa shape index (κ3) is 1.85. The van der Waals surface area contributed by atoms with Gasteiger partial charge in [0.25, 0.3) is 5.91 Å². The van der Waals surface area contributed by atoms with Crippen LogP contribution in [0.4, 0.5) is 0 Å². The summed E-state index contributed by atoms with van der Waals surface area (Å²) in [5.74, 6) is 1.33. The Hall–Kier alpha value is -2.24. The highest BCUT2D eigenvalue weighted by atomic mass is 16.5. The van der Waals surface area contributed by atoms with E-state index in [1.54, 1.807) is 36.2 Å². The predicted octanol–water partition coefficient (Wildman–Crippen LogP) is 1.01. The quantitative estimate of drug-likeness (QED) is 0.788. The summed E-state index contributed by atoms with van der Waals surface area (Å²) in [7, 11) is 0. The van der Waals surface area contributed by atoms with Gasteiger partial charge in [-0.1, -0.05) is 11.2 Å². The van der Waals surface area contributed by atoms with Crippen LogP contribution in [0.1, 0.15) is 28.1 Å². The van der Waals surface area contributed by atoms with Crippen LogP contribution < -0.4 is 0 Å². The first kappa shape index (κ1) is 10.9. The van der Waals surface area contributed by atoms with Crippen LogP contribution in [0.25, 0.3) is 0 Å². The molecule has 3 rings (SSSR count). The number of amides is 1. The van der Waals surface area contributed by atoms with Crippen LogP contribution in [-0.2, 0) is 0 Å². The standard InChI is InChI=1S/C12H12N4O2/c1-8-14-11(18-15-8)9-6-16(7-9)12(17)10-4-2-3-5-13-10/h2-5,9H,6-7H2,1H3. The van der Waals surface area contributed by atoms with Crippen LogP contribution in [-0.4, -0.2) is 39.0 Å². The molecular formula is C12H12N4O2. The highest BCUT2D eigenvalue weighted by Gasteiger charge is 2.36. The van der Waals surface area contributed by atoms with Crippen LogP contribution in [0.15, 0.2) is 28.9 Å². The minimum absolute atomic E-state index is 0.0527. The van der Waals surface area contributed by atoms with E-state index in [4.69, 9.17) is 4.52 Å². The van der Waals surface area contributed by atoms with Crippen molar-refractivity contribution < 1.29 is 9.32 Å². The molecule has 2 aromatic heterocycles. The molecule has 0 unspecified atom stereocenters. The predicted molar refractivity (Wildman–Crippen MR) is 61.9 cm³/mol. The molecule has 1 saturated heterocycles. The molecule has 6 heteroatoms. The van der Waals surface area contributed by atoms with Crippen molar-refractivity contribution in [1.82, 2.24) is 20.0 Å². The van der Waals surface area contributed by atoms with E-state index in [0.29, 0.717) is 30.5 Å². The van der Waals surface area contributed by atoms with E-state index in [9.17, 15) is 4.79 Å². The van der Waals surface area contributed by atoms with Gasteiger partial charge >= 0.3 is 0 Å². The molecule has 0 aromatic carbocycles. The van der Waals surface area contributed by atoms with Crippen LogP contribution in [0.2, 0.25) is 0 Å². The lowest BCUT2D eigenvalue weighted by Crippen LogP contribution is -2.48. The second-order valence-corrected chi connectivity index (χ2v) is 4.30. The van der Waals surface area contributed by atoms with E-state index in [1.807, 2.05) is 0 Å². The molecule has 1 fully saturated rings. The minimum Gasteiger partial charge on any atom is -0.339 e. The van der Waals surface area contributed by atoms with Crippen molar-refractivity contribution in [2.75, 3.05) is 13.1 Å². The van der Waals surface area contributed by atoms with E-state index in [0.717, 1.165) is 0 Å². The number of nitrogens with zero attached hydrogens (tertiary/aromatic N) is 4. The molecule has 92 valence electrons. The van der Waals surface area contributed by atoms with Crippen molar-refractivity contribution in [2.45, 2.75) is 12.8 Å². The second kappa shape index (κ2) is 4.21. The summed E-state index contributed by atoms with van der Waals surface area (Å²) >= 11 is 0. The Morgan fingerprint density at radius 3 is 2.89 bits per heavy atom. The average Bonchev–Trinajstić information content (AvgIpc) is 2.75. The molecule has 1 aliphatic rings. The Kier molecular flexibility index (Phi) is 2.55. The van der Waals surface area contributed by atoms with Crippen LogP contribution in [0.3, 0.4) is 0 Å². The Labute approximate surface area is 104 Å². The summed E-state index contributed by atoms with van der Waals surface area (Å²) in [6, 6.07) is 5.31. The summed E-state index contributed by atoms with van der Waals surface area (Å²) in [6.07, 6.45) is 1.62. The zero-order valence-electron chi connectivity index (χ0n) is 9.91. The third-order valence-electron chi connectivity index (χ3n) is 2.95. The van der Waals surface area contributed by atoms with E-state index in [-0.39, 0.29) is 11.8 Å². The summed E-state index contributed by atoms with van der Waals surface area (Å²) < 4.78 is 5.09. The smallest absolute Gasteiger partial charge is 0.272 e. The Morgan fingerprint density at radius 2 is 2.28 bits per heavy atom. The Morgan fingerprint density at radius 1 is 1.44 bits per heavy atom. The number of likely N-dealkylation sites (tertiary alicyclic amines) is 1. The molecule has 6 nitrogen and oxygen atoms in total. The first-order valence-corrected chi connectivity index (χ1v) is 5.74. The third-order valence-corrected chi connectivity index (χ3v) is 2.95. The monoisotopic (exact) mass is 244 g/mol. The maximum atomic E-state index is 12.0. The van der Waals surface area contributed by atoms with Gasteiger partial charge in [0.1, 0.15) is 5.69 Å². The lowest BCUT2D eigenvalue weighted by molar-refractivity contribution is 0.0563. The van der Waals surface area contributed by atoms with E-state index < -0.39 is 0 Å². The lowest BCUT2D eigenvalue weighted by Gasteiger charge is -2.36. The van der Waals surface area contributed by atoms with Crippen molar-refractivity contribution >= 4 is 5.91 Å². The second-order valence-electron chi connectivity index (χ2n) is 4.30. The molecule has 1 aliphatic heterocycles. The molecular weight excluding hydrogens is 232 g/mol. The molecule has 1 amide bonds. The highest BCUT2D eigenvalue weighted by molar-refractivity contribution is 5.92. The average molecular weight is 244 g/mol. The minimum atomic E-state index is -0.0527. The molecule has 0 atom stereocenters. The maximum Gasteiger partial charge on any atom is 0.272 e. The fourth-order valence-corrected chi connectivity index (χ4v) is 1.93. The van der Waals surface area contributed by atoms with Gasteiger partial charge in [0.15, 0.2) is 5.82 Å². The zero-order chi connectivity index (χ0) is 12.5. The Bertz CT molecular complexity index is 560. The first-order valence-electron chi connectivity index (χ1n) is 5.74. The molecule has 2 aromatic rings. The number of aromatic nitrogens is 3. The topological polar surface area (TPSA) is 72.1 Å². The van der Waals surface area contributed by atoms with E-state index in [1.165, 1.54) is 0 Å². The van der Waals surface area contributed by atoms with Crippen molar-refractivity contribution in [1.29, 1.82) is 0 Å². The number of hydrogen-bond acceptors (Lipinski definition) is 5. The Balaban J connectivity index is 1.64.